The van der Waals surface area contributed by atoms with Gasteiger partial charge in [0.05, 0.1) is 0 Å². The zero-order valence-electron chi connectivity index (χ0n) is 14.0. The molecule has 4 atom stereocenters. The Bertz CT molecular complexity index is 737. The predicted octanol–water partition coefficient (Wildman–Crippen LogP) is 4.39. The lowest BCUT2D eigenvalue weighted by Crippen LogP contribution is -2.48. The number of piperidine rings is 1. The fourth-order valence-corrected chi connectivity index (χ4v) is 4.92. The second-order valence-corrected chi connectivity index (χ2v) is 7.26. The first-order chi connectivity index (χ1) is 11.2. The largest absolute Gasteiger partial charge is 0.300 e. The molecule has 2 heteroatoms. The van der Waals surface area contributed by atoms with E-state index in [1.54, 1.807) is 0 Å². The summed E-state index contributed by atoms with van der Waals surface area (Å²) in [5, 5.41) is 2.57. The predicted molar refractivity (Wildman–Crippen MR) is 94.7 cm³/mol. The van der Waals surface area contributed by atoms with Crippen LogP contribution in [0.1, 0.15) is 44.1 Å². The van der Waals surface area contributed by atoms with Gasteiger partial charge in [0, 0.05) is 24.4 Å². The molecule has 0 saturated carbocycles. The normalized spacial score (nSPS) is 30.7. The summed E-state index contributed by atoms with van der Waals surface area (Å²) in [4.78, 5) is 15.2. The van der Waals surface area contributed by atoms with E-state index in [2.05, 4.69) is 54.4 Å². The summed E-state index contributed by atoms with van der Waals surface area (Å²) in [6, 6.07) is 16.4. The number of carbonyl (C=O) groups excluding carboxylic acids is 1. The summed E-state index contributed by atoms with van der Waals surface area (Å²) in [5.41, 5.74) is 1.36. The minimum atomic E-state index is 0.171. The van der Waals surface area contributed by atoms with Gasteiger partial charge in [0.1, 0.15) is 5.78 Å². The lowest BCUT2D eigenvalue weighted by Gasteiger charge is -2.42. The highest BCUT2D eigenvalue weighted by molar-refractivity contribution is 5.85. The second kappa shape index (κ2) is 5.76. The van der Waals surface area contributed by atoms with Crippen molar-refractivity contribution in [3.05, 3.63) is 48.0 Å². The van der Waals surface area contributed by atoms with Gasteiger partial charge in [-0.25, -0.2) is 0 Å². The molecule has 2 aromatic rings. The van der Waals surface area contributed by atoms with Crippen molar-refractivity contribution in [1.82, 2.24) is 4.90 Å². The van der Waals surface area contributed by atoms with Gasteiger partial charge in [0.15, 0.2) is 0 Å². The van der Waals surface area contributed by atoms with Gasteiger partial charge >= 0.3 is 0 Å². The SMILES string of the molecule is CCC(=O)[C@H]1[C@@H](c2ccc3ccccc3c2)CC2CC[C@@H]1N2C. The lowest BCUT2D eigenvalue weighted by atomic mass is 9.73. The van der Waals surface area contributed by atoms with Crippen LogP contribution in [0.25, 0.3) is 10.8 Å². The van der Waals surface area contributed by atoms with Gasteiger partial charge < -0.3 is 0 Å². The molecule has 23 heavy (non-hydrogen) atoms. The third kappa shape index (κ3) is 2.40. The van der Waals surface area contributed by atoms with Crippen LogP contribution in [0.5, 0.6) is 0 Å². The Balaban J connectivity index is 1.76. The molecule has 2 aromatic carbocycles. The average molecular weight is 307 g/mol. The number of benzene rings is 2. The van der Waals surface area contributed by atoms with Crippen molar-refractivity contribution in [3.8, 4) is 0 Å². The van der Waals surface area contributed by atoms with Gasteiger partial charge in [-0.2, -0.15) is 0 Å². The first-order valence-electron chi connectivity index (χ1n) is 8.92. The van der Waals surface area contributed by atoms with E-state index in [0.29, 0.717) is 30.2 Å². The molecule has 2 bridgehead atoms. The minimum Gasteiger partial charge on any atom is -0.300 e. The number of nitrogens with zero attached hydrogens (tertiary/aromatic N) is 1. The molecule has 2 heterocycles. The summed E-state index contributed by atoms with van der Waals surface area (Å²) < 4.78 is 0. The minimum absolute atomic E-state index is 0.171. The van der Waals surface area contributed by atoms with Crippen LogP contribution in [-0.4, -0.2) is 29.8 Å². The standard InChI is InChI=1S/C21H25NO/c1-3-20(23)21-18(13-17-10-11-19(21)22(17)2)16-9-8-14-6-4-5-7-15(14)12-16/h4-9,12,17-19,21H,3,10-11,13H2,1-2H3/t17?,18-,19+,21+/m1/s1. The number of Topliss-reactive ketones (excluding diaryl/α,β-unsaturated/α-hetero) is 1. The van der Waals surface area contributed by atoms with Gasteiger partial charge in [0.25, 0.3) is 0 Å². The number of ketones is 1. The van der Waals surface area contributed by atoms with E-state index in [1.165, 1.54) is 29.2 Å². The highest BCUT2D eigenvalue weighted by Gasteiger charge is 2.48. The molecular formula is C21H25NO. The highest BCUT2D eigenvalue weighted by atomic mass is 16.1. The van der Waals surface area contributed by atoms with E-state index in [4.69, 9.17) is 0 Å². The van der Waals surface area contributed by atoms with Gasteiger partial charge in [-0.1, -0.05) is 49.4 Å². The van der Waals surface area contributed by atoms with E-state index in [9.17, 15) is 4.79 Å². The Morgan fingerprint density at radius 1 is 1.13 bits per heavy atom. The van der Waals surface area contributed by atoms with Crippen molar-refractivity contribution >= 4 is 16.6 Å². The van der Waals surface area contributed by atoms with E-state index in [-0.39, 0.29) is 5.92 Å². The van der Waals surface area contributed by atoms with Crippen molar-refractivity contribution in [2.45, 2.75) is 50.6 Å². The Morgan fingerprint density at radius 3 is 2.70 bits per heavy atom. The third-order valence-corrected chi connectivity index (χ3v) is 6.19. The molecule has 0 aliphatic carbocycles. The van der Waals surface area contributed by atoms with Crippen LogP contribution in [0.2, 0.25) is 0 Å². The molecule has 0 amide bonds. The third-order valence-electron chi connectivity index (χ3n) is 6.19. The van der Waals surface area contributed by atoms with Crippen LogP contribution in [0.3, 0.4) is 0 Å². The van der Waals surface area contributed by atoms with E-state index >= 15 is 0 Å². The molecule has 0 N–H and O–H groups in total. The fourth-order valence-electron chi connectivity index (χ4n) is 4.92. The fraction of sp³-hybridized carbons (Fsp3) is 0.476. The van der Waals surface area contributed by atoms with Crippen LogP contribution in [0.15, 0.2) is 42.5 Å². The summed E-state index contributed by atoms with van der Waals surface area (Å²) in [5.74, 6) is 1.01. The lowest BCUT2D eigenvalue weighted by molar-refractivity contribution is -0.126. The maximum atomic E-state index is 12.7. The summed E-state index contributed by atoms with van der Waals surface area (Å²) in [7, 11) is 2.22. The molecule has 1 unspecified atom stereocenters. The van der Waals surface area contributed by atoms with Crippen LogP contribution in [-0.2, 0) is 4.79 Å². The Kier molecular flexibility index (Phi) is 3.73. The molecule has 0 radical (unpaired) electrons. The average Bonchev–Trinajstić information content (AvgIpc) is 2.83. The van der Waals surface area contributed by atoms with Crippen molar-refractivity contribution < 1.29 is 4.79 Å². The topological polar surface area (TPSA) is 20.3 Å². The van der Waals surface area contributed by atoms with Gasteiger partial charge in [-0.15, -0.1) is 0 Å². The maximum absolute atomic E-state index is 12.7. The van der Waals surface area contributed by atoms with Gasteiger partial charge in [0.2, 0.25) is 0 Å². The van der Waals surface area contributed by atoms with E-state index in [0.717, 1.165) is 6.42 Å². The molecule has 0 aromatic heterocycles. The van der Waals surface area contributed by atoms with Crippen molar-refractivity contribution in [1.29, 1.82) is 0 Å². The molecule has 4 rings (SSSR count). The molecule has 0 spiro atoms. The number of hydrogen-bond donors (Lipinski definition) is 0. The smallest absolute Gasteiger partial charge is 0.137 e. The Hall–Kier alpha value is -1.67. The number of rotatable bonds is 3. The van der Waals surface area contributed by atoms with Gasteiger partial charge in [-0.3, -0.25) is 9.69 Å². The summed E-state index contributed by atoms with van der Waals surface area (Å²) in [6.45, 7) is 2.01. The van der Waals surface area contributed by atoms with Crippen molar-refractivity contribution in [2.75, 3.05) is 7.05 Å². The molecule has 2 nitrogen and oxygen atoms in total. The van der Waals surface area contributed by atoms with Crippen LogP contribution in [0.4, 0.5) is 0 Å². The van der Waals surface area contributed by atoms with Crippen LogP contribution in [0, 0.1) is 5.92 Å². The molecule has 2 aliphatic heterocycles. The molecule has 2 aliphatic rings. The molecule has 120 valence electrons. The number of carbonyl (C=O) groups is 1. The van der Waals surface area contributed by atoms with Crippen molar-refractivity contribution in [2.24, 2.45) is 5.92 Å². The quantitative estimate of drug-likeness (QED) is 0.838. The monoisotopic (exact) mass is 307 g/mol. The molecule has 2 fully saturated rings. The molecule has 2 saturated heterocycles. The van der Waals surface area contributed by atoms with Gasteiger partial charge in [-0.05, 0) is 48.6 Å². The zero-order valence-corrected chi connectivity index (χ0v) is 14.0. The zero-order chi connectivity index (χ0) is 16.0. The second-order valence-electron chi connectivity index (χ2n) is 7.26. The number of fused-ring (bicyclic) bond motifs is 3. The van der Waals surface area contributed by atoms with Crippen LogP contribution < -0.4 is 0 Å². The highest BCUT2D eigenvalue weighted by Crippen LogP contribution is 2.47. The molecular weight excluding hydrogens is 282 g/mol. The van der Waals surface area contributed by atoms with Crippen molar-refractivity contribution in [3.63, 3.8) is 0 Å². The number of hydrogen-bond acceptors (Lipinski definition) is 2. The summed E-state index contributed by atoms with van der Waals surface area (Å²) in [6.07, 6.45) is 4.21. The first-order valence-corrected chi connectivity index (χ1v) is 8.92. The Labute approximate surface area is 138 Å². The van der Waals surface area contributed by atoms with Crippen LogP contribution >= 0.6 is 0 Å². The Morgan fingerprint density at radius 2 is 1.91 bits per heavy atom. The summed E-state index contributed by atoms with van der Waals surface area (Å²) >= 11 is 0. The van der Waals surface area contributed by atoms with E-state index < -0.39 is 0 Å². The maximum Gasteiger partial charge on any atom is 0.137 e. The first kappa shape index (κ1) is 14.9. The van der Waals surface area contributed by atoms with E-state index in [1.807, 2.05) is 6.92 Å².